The minimum Gasteiger partial charge on any atom is -0.369 e. The molecule has 1 atom stereocenters. The first-order chi connectivity index (χ1) is 11.1. The van der Waals surface area contributed by atoms with Gasteiger partial charge in [-0.3, -0.25) is 9.69 Å². The summed E-state index contributed by atoms with van der Waals surface area (Å²) in [6.07, 6.45) is 2.22. The molecule has 1 aromatic rings. The molecule has 2 aliphatic rings. The topological polar surface area (TPSA) is 48.9 Å². The number of nitrogens with zero attached hydrogens (tertiary/aromatic N) is 4. The molecule has 0 spiro atoms. The van der Waals surface area contributed by atoms with Crippen molar-refractivity contribution in [2.75, 3.05) is 58.3 Å². The predicted octanol–water partition coefficient (Wildman–Crippen LogP) is 1.14. The maximum atomic E-state index is 12.3. The van der Waals surface area contributed by atoms with E-state index in [1.54, 1.807) is 0 Å². The highest BCUT2D eigenvalue weighted by atomic mass is 16.5. The summed E-state index contributed by atoms with van der Waals surface area (Å²) in [7, 11) is 3.96. The Labute approximate surface area is 138 Å². The lowest BCUT2D eigenvalue weighted by Crippen LogP contribution is -2.45. The highest BCUT2D eigenvalue weighted by Crippen LogP contribution is 2.22. The highest BCUT2D eigenvalue weighted by molar-refractivity contribution is 5.78. The Balaban J connectivity index is 1.61. The van der Waals surface area contributed by atoms with E-state index in [9.17, 15) is 4.79 Å². The van der Waals surface area contributed by atoms with Gasteiger partial charge in [0.05, 0.1) is 18.8 Å². The fraction of sp³-hybridized carbons (Fsp3) is 0.647. The first kappa shape index (κ1) is 16.2. The summed E-state index contributed by atoms with van der Waals surface area (Å²) in [6, 6.07) is 6.00. The van der Waals surface area contributed by atoms with E-state index >= 15 is 0 Å². The molecule has 1 aromatic heterocycles. The lowest BCUT2D eigenvalue weighted by atomic mass is 10.2. The third-order valence-corrected chi connectivity index (χ3v) is 4.51. The van der Waals surface area contributed by atoms with E-state index in [4.69, 9.17) is 4.74 Å². The van der Waals surface area contributed by atoms with E-state index in [-0.39, 0.29) is 12.0 Å². The van der Waals surface area contributed by atoms with E-state index in [0.717, 1.165) is 50.5 Å². The summed E-state index contributed by atoms with van der Waals surface area (Å²) in [5, 5.41) is 0. The minimum atomic E-state index is -0.0602. The summed E-state index contributed by atoms with van der Waals surface area (Å²) in [6.45, 7) is 4.50. The molecule has 0 N–H and O–H groups in total. The van der Waals surface area contributed by atoms with Crippen LogP contribution in [0, 0.1) is 0 Å². The Morgan fingerprint density at radius 2 is 2.09 bits per heavy atom. The second kappa shape index (κ2) is 7.27. The minimum absolute atomic E-state index is 0.0602. The summed E-state index contributed by atoms with van der Waals surface area (Å²) in [4.78, 5) is 23.1. The number of aromatic nitrogens is 1. The molecular weight excluding hydrogens is 292 g/mol. The number of likely N-dealkylation sites (tertiary alicyclic amines) is 1. The molecule has 0 radical (unpaired) electrons. The first-order valence-electron chi connectivity index (χ1n) is 8.39. The van der Waals surface area contributed by atoms with Crippen LogP contribution in [-0.2, 0) is 9.53 Å². The second-order valence-electron chi connectivity index (χ2n) is 6.50. The summed E-state index contributed by atoms with van der Waals surface area (Å²) < 4.78 is 5.89. The summed E-state index contributed by atoms with van der Waals surface area (Å²) >= 11 is 0. The fourth-order valence-electron chi connectivity index (χ4n) is 3.15. The molecule has 6 nitrogen and oxygen atoms in total. The van der Waals surface area contributed by atoms with Gasteiger partial charge in [-0.1, -0.05) is 6.07 Å². The molecule has 2 saturated heterocycles. The third-order valence-electron chi connectivity index (χ3n) is 4.51. The molecule has 2 fully saturated rings. The lowest BCUT2D eigenvalue weighted by molar-refractivity contribution is -0.133. The van der Waals surface area contributed by atoms with Gasteiger partial charge in [-0.2, -0.15) is 0 Å². The van der Waals surface area contributed by atoms with E-state index in [0.29, 0.717) is 13.2 Å². The molecular formula is C17H26N4O2. The number of hydrogen-bond acceptors (Lipinski definition) is 5. The van der Waals surface area contributed by atoms with Crippen LogP contribution >= 0.6 is 0 Å². The van der Waals surface area contributed by atoms with Crippen molar-refractivity contribution in [2.45, 2.75) is 18.9 Å². The van der Waals surface area contributed by atoms with Gasteiger partial charge in [-0.05, 0) is 25.0 Å². The molecule has 126 valence electrons. The van der Waals surface area contributed by atoms with Gasteiger partial charge in [-0.25, -0.2) is 4.98 Å². The molecule has 0 aliphatic carbocycles. The molecule has 0 saturated carbocycles. The first-order valence-corrected chi connectivity index (χ1v) is 8.39. The number of pyridine rings is 1. The smallest absolute Gasteiger partial charge is 0.236 e. The van der Waals surface area contributed by atoms with Crippen LogP contribution < -0.4 is 4.90 Å². The lowest BCUT2D eigenvalue weighted by Gasteiger charge is -2.33. The van der Waals surface area contributed by atoms with Gasteiger partial charge >= 0.3 is 0 Å². The van der Waals surface area contributed by atoms with Crippen LogP contribution in [0.3, 0.4) is 0 Å². The molecule has 0 aromatic carbocycles. The van der Waals surface area contributed by atoms with Crippen molar-refractivity contribution in [1.29, 1.82) is 0 Å². The van der Waals surface area contributed by atoms with Crippen molar-refractivity contribution in [3.63, 3.8) is 0 Å². The Kier molecular flexibility index (Phi) is 5.13. The van der Waals surface area contributed by atoms with E-state index in [2.05, 4.69) is 9.88 Å². The number of amides is 1. The molecule has 0 bridgehead atoms. The maximum Gasteiger partial charge on any atom is 0.236 e. The van der Waals surface area contributed by atoms with Crippen LogP contribution in [0.4, 0.5) is 5.82 Å². The normalized spacial score (nSPS) is 22.3. The van der Waals surface area contributed by atoms with Gasteiger partial charge in [0.25, 0.3) is 0 Å². The highest BCUT2D eigenvalue weighted by Gasteiger charge is 2.27. The summed E-state index contributed by atoms with van der Waals surface area (Å²) in [5.74, 6) is 1.18. The maximum absolute atomic E-state index is 12.3. The van der Waals surface area contributed by atoms with Crippen molar-refractivity contribution in [3.8, 4) is 0 Å². The van der Waals surface area contributed by atoms with Crippen molar-refractivity contribution >= 4 is 11.7 Å². The zero-order chi connectivity index (χ0) is 16.2. The van der Waals surface area contributed by atoms with Gasteiger partial charge in [0.1, 0.15) is 11.9 Å². The quantitative estimate of drug-likeness (QED) is 0.833. The Bertz CT molecular complexity index is 543. The van der Waals surface area contributed by atoms with Crippen LogP contribution in [0.2, 0.25) is 0 Å². The molecule has 0 unspecified atom stereocenters. The van der Waals surface area contributed by atoms with E-state index < -0.39 is 0 Å². The number of carbonyl (C=O) groups is 1. The van der Waals surface area contributed by atoms with Crippen molar-refractivity contribution in [2.24, 2.45) is 0 Å². The molecule has 2 aliphatic heterocycles. The number of ether oxygens (including phenoxy) is 1. The number of carbonyl (C=O) groups excluding carboxylic acids is 1. The van der Waals surface area contributed by atoms with Gasteiger partial charge in [0.15, 0.2) is 0 Å². The fourth-order valence-corrected chi connectivity index (χ4v) is 3.15. The molecule has 1 amide bonds. The Hall–Kier alpha value is -1.66. The van der Waals surface area contributed by atoms with Crippen LogP contribution in [0.1, 0.15) is 24.6 Å². The SMILES string of the molecule is CN(C)c1cccc([C@@H]2CN(CC(=O)N3CCCC3)CCO2)n1. The van der Waals surface area contributed by atoms with E-state index in [1.807, 2.05) is 42.1 Å². The standard InChI is InChI=1S/C17H26N4O2/c1-19(2)16-7-5-6-14(18-16)15-12-20(10-11-23-15)13-17(22)21-8-3-4-9-21/h5-7,15H,3-4,8-13H2,1-2H3/t15-/m0/s1. The average Bonchev–Trinajstić information content (AvgIpc) is 3.10. The van der Waals surface area contributed by atoms with Gasteiger partial charge in [0, 0.05) is 40.3 Å². The van der Waals surface area contributed by atoms with Crippen LogP contribution in [0.25, 0.3) is 0 Å². The number of morpholine rings is 1. The molecule has 3 rings (SSSR count). The molecule has 6 heteroatoms. The predicted molar refractivity (Wildman–Crippen MR) is 89.5 cm³/mol. The van der Waals surface area contributed by atoms with Gasteiger partial charge in [-0.15, -0.1) is 0 Å². The number of rotatable bonds is 4. The van der Waals surface area contributed by atoms with Gasteiger partial charge in [0.2, 0.25) is 5.91 Å². The van der Waals surface area contributed by atoms with Crippen molar-refractivity contribution < 1.29 is 9.53 Å². The molecule has 3 heterocycles. The van der Waals surface area contributed by atoms with Crippen molar-refractivity contribution in [1.82, 2.24) is 14.8 Å². The van der Waals surface area contributed by atoms with Gasteiger partial charge < -0.3 is 14.5 Å². The second-order valence-corrected chi connectivity index (χ2v) is 6.50. The van der Waals surface area contributed by atoms with E-state index in [1.165, 1.54) is 0 Å². The third kappa shape index (κ3) is 4.00. The zero-order valence-electron chi connectivity index (χ0n) is 14.1. The number of anilines is 1. The Morgan fingerprint density at radius 1 is 1.30 bits per heavy atom. The number of hydrogen-bond donors (Lipinski definition) is 0. The summed E-state index contributed by atoms with van der Waals surface area (Å²) in [5.41, 5.74) is 0.939. The average molecular weight is 318 g/mol. The monoisotopic (exact) mass is 318 g/mol. The van der Waals surface area contributed by atoms with Crippen LogP contribution in [0.15, 0.2) is 18.2 Å². The van der Waals surface area contributed by atoms with Crippen LogP contribution in [0.5, 0.6) is 0 Å². The van der Waals surface area contributed by atoms with Crippen LogP contribution in [-0.4, -0.2) is 74.1 Å². The zero-order valence-corrected chi connectivity index (χ0v) is 14.1. The Morgan fingerprint density at radius 3 is 2.83 bits per heavy atom. The molecule has 23 heavy (non-hydrogen) atoms. The van der Waals surface area contributed by atoms with Crippen molar-refractivity contribution in [3.05, 3.63) is 23.9 Å². The largest absolute Gasteiger partial charge is 0.369 e.